The van der Waals surface area contributed by atoms with Gasteiger partial charge in [0.05, 0.1) is 0 Å². The minimum Gasteiger partial charge on any atom is -0.354 e. The van der Waals surface area contributed by atoms with Crippen molar-refractivity contribution in [2.24, 2.45) is 0 Å². The van der Waals surface area contributed by atoms with Crippen molar-refractivity contribution in [2.45, 2.75) is 16.8 Å². The van der Waals surface area contributed by atoms with Crippen molar-refractivity contribution in [3.63, 3.8) is 0 Å². The van der Waals surface area contributed by atoms with Crippen LogP contribution in [-0.2, 0) is 0 Å². The molecule has 0 bridgehead atoms. The molecule has 2 aromatic rings. The van der Waals surface area contributed by atoms with Gasteiger partial charge in [0.2, 0.25) is 5.95 Å². The number of nitrogens with one attached hydrogen (secondary N) is 1. The van der Waals surface area contributed by atoms with Crippen molar-refractivity contribution in [2.75, 3.05) is 11.9 Å². The van der Waals surface area contributed by atoms with E-state index in [0.29, 0.717) is 5.95 Å². The van der Waals surface area contributed by atoms with Crippen molar-refractivity contribution in [3.05, 3.63) is 42.3 Å². The third kappa shape index (κ3) is 3.42. The molecule has 3 nitrogen and oxygen atoms in total. The first-order valence-electron chi connectivity index (χ1n) is 5.28. The predicted molar refractivity (Wildman–Crippen MR) is 66.7 cm³/mol. The summed E-state index contributed by atoms with van der Waals surface area (Å²) in [6.45, 7) is 2.77. The minimum atomic E-state index is -0.231. The number of aromatic nitrogens is 2. The van der Waals surface area contributed by atoms with E-state index in [9.17, 15) is 4.39 Å². The molecule has 0 fully saturated rings. The summed E-state index contributed by atoms with van der Waals surface area (Å²) in [6, 6.07) is 8.17. The van der Waals surface area contributed by atoms with Crippen molar-refractivity contribution < 1.29 is 4.39 Å². The fourth-order valence-electron chi connectivity index (χ4n) is 1.27. The molecular weight excluding hydrogens is 237 g/mol. The van der Waals surface area contributed by atoms with E-state index >= 15 is 0 Å². The second-order valence-corrected chi connectivity index (χ2v) is 4.40. The van der Waals surface area contributed by atoms with Crippen LogP contribution < -0.4 is 5.32 Å². The van der Waals surface area contributed by atoms with Gasteiger partial charge in [-0.3, -0.25) is 0 Å². The van der Waals surface area contributed by atoms with Gasteiger partial charge in [-0.15, -0.1) is 0 Å². The summed E-state index contributed by atoms with van der Waals surface area (Å²) in [6.07, 6.45) is 1.71. The first-order chi connectivity index (χ1) is 8.28. The van der Waals surface area contributed by atoms with Crippen molar-refractivity contribution in [3.8, 4) is 0 Å². The fourth-order valence-corrected chi connectivity index (χ4v) is 2.04. The van der Waals surface area contributed by atoms with Crippen molar-refractivity contribution in [1.29, 1.82) is 0 Å². The molecule has 5 heteroatoms. The SMILES string of the molecule is CCNc1nccc(Sc2ccc(F)cc2)n1. The van der Waals surface area contributed by atoms with E-state index in [4.69, 9.17) is 0 Å². The van der Waals surface area contributed by atoms with Crippen LogP contribution >= 0.6 is 11.8 Å². The normalized spacial score (nSPS) is 10.2. The molecule has 0 aliphatic heterocycles. The molecule has 2 rings (SSSR count). The summed E-state index contributed by atoms with van der Waals surface area (Å²) < 4.78 is 12.7. The van der Waals surface area contributed by atoms with Gasteiger partial charge in [-0.05, 0) is 37.3 Å². The van der Waals surface area contributed by atoms with Crippen LogP contribution in [0, 0.1) is 5.82 Å². The summed E-state index contributed by atoms with van der Waals surface area (Å²) in [5.41, 5.74) is 0. The third-order valence-corrected chi connectivity index (χ3v) is 2.95. The smallest absolute Gasteiger partial charge is 0.223 e. The lowest BCUT2D eigenvalue weighted by atomic mass is 10.4. The molecule has 0 saturated carbocycles. The maximum absolute atomic E-state index is 12.7. The van der Waals surface area contributed by atoms with E-state index in [1.54, 1.807) is 18.3 Å². The van der Waals surface area contributed by atoms with Crippen LogP contribution in [-0.4, -0.2) is 16.5 Å². The van der Waals surface area contributed by atoms with Gasteiger partial charge in [0.15, 0.2) is 0 Å². The van der Waals surface area contributed by atoms with Crippen LogP contribution in [0.1, 0.15) is 6.92 Å². The molecule has 1 N–H and O–H groups in total. The Kier molecular flexibility index (Phi) is 3.93. The molecule has 17 heavy (non-hydrogen) atoms. The van der Waals surface area contributed by atoms with Gasteiger partial charge in [-0.2, -0.15) is 0 Å². The molecule has 0 amide bonds. The standard InChI is InChI=1S/C12H12FN3S/c1-2-14-12-15-8-7-11(16-12)17-10-5-3-9(13)4-6-10/h3-8H,2H2,1H3,(H,14,15,16). The van der Waals surface area contributed by atoms with E-state index in [1.165, 1.54) is 23.9 Å². The molecule has 1 aromatic heterocycles. The third-order valence-electron chi connectivity index (χ3n) is 2.00. The number of anilines is 1. The van der Waals surface area contributed by atoms with E-state index < -0.39 is 0 Å². The number of benzene rings is 1. The molecule has 0 aliphatic carbocycles. The summed E-state index contributed by atoms with van der Waals surface area (Å²) in [7, 11) is 0. The van der Waals surface area contributed by atoms with Gasteiger partial charge < -0.3 is 5.32 Å². The Hall–Kier alpha value is -1.62. The maximum atomic E-state index is 12.7. The number of hydrogen-bond donors (Lipinski definition) is 1. The van der Waals surface area contributed by atoms with Crippen LogP contribution in [0.4, 0.5) is 10.3 Å². The number of nitrogens with zero attached hydrogens (tertiary/aromatic N) is 2. The van der Waals surface area contributed by atoms with E-state index in [1.807, 2.05) is 13.0 Å². The lowest BCUT2D eigenvalue weighted by Gasteiger charge is -2.04. The van der Waals surface area contributed by atoms with Crippen LogP contribution in [0.2, 0.25) is 0 Å². The number of rotatable bonds is 4. The van der Waals surface area contributed by atoms with Gasteiger partial charge in [0, 0.05) is 17.6 Å². The quantitative estimate of drug-likeness (QED) is 0.844. The molecule has 1 aromatic carbocycles. The molecular formula is C12H12FN3S. The van der Waals surface area contributed by atoms with Gasteiger partial charge >= 0.3 is 0 Å². The van der Waals surface area contributed by atoms with E-state index in [0.717, 1.165) is 16.5 Å². The average molecular weight is 249 g/mol. The zero-order valence-electron chi connectivity index (χ0n) is 9.35. The Morgan fingerprint density at radius 2 is 2.00 bits per heavy atom. The molecule has 1 heterocycles. The van der Waals surface area contributed by atoms with Crippen LogP contribution in [0.3, 0.4) is 0 Å². The summed E-state index contributed by atoms with van der Waals surface area (Å²) in [5.74, 6) is 0.380. The molecule has 0 unspecified atom stereocenters. The Morgan fingerprint density at radius 1 is 1.24 bits per heavy atom. The number of halogens is 1. The Morgan fingerprint density at radius 3 is 2.71 bits per heavy atom. The topological polar surface area (TPSA) is 37.8 Å². The average Bonchev–Trinajstić information content (AvgIpc) is 2.33. The van der Waals surface area contributed by atoms with Gasteiger partial charge in [-0.1, -0.05) is 11.8 Å². The highest BCUT2D eigenvalue weighted by molar-refractivity contribution is 7.99. The lowest BCUT2D eigenvalue weighted by molar-refractivity contribution is 0.626. The molecule has 0 spiro atoms. The second-order valence-electron chi connectivity index (χ2n) is 3.30. The van der Waals surface area contributed by atoms with Crippen LogP contribution in [0.5, 0.6) is 0 Å². The first kappa shape index (κ1) is 11.9. The molecule has 0 saturated heterocycles. The molecule has 0 radical (unpaired) electrons. The Labute approximate surface area is 103 Å². The van der Waals surface area contributed by atoms with Gasteiger partial charge in [0.1, 0.15) is 10.8 Å². The maximum Gasteiger partial charge on any atom is 0.223 e. The predicted octanol–water partition coefficient (Wildman–Crippen LogP) is 3.20. The largest absolute Gasteiger partial charge is 0.354 e. The molecule has 0 aliphatic rings. The fraction of sp³-hybridized carbons (Fsp3) is 0.167. The Bertz CT molecular complexity index is 487. The van der Waals surface area contributed by atoms with Crippen LogP contribution in [0.15, 0.2) is 46.5 Å². The highest BCUT2D eigenvalue weighted by Crippen LogP contribution is 2.26. The summed E-state index contributed by atoms with van der Waals surface area (Å²) >= 11 is 1.48. The Balaban J connectivity index is 2.12. The zero-order chi connectivity index (χ0) is 12.1. The second kappa shape index (κ2) is 5.63. The highest BCUT2D eigenvalue weighted by atomic mass is 32.2. The van der Waals surface area contributed by atoms with E-state index in [2.05, 4.69) is 15.3 Å². The number of hydrogen-bond acceptors (Lipinski definition) is 4. The monoisotopic (exact) mass is 249 g/mol. The van der Waals surface area contributed by atoms with Gasteiger partial charge in [-0.25, -0.2) is 14.4 Å². The first-order valence-corrected chi connectivity index (χ1v) is 6.10. The van der Waals surface area contributed by atoms with E-state index in [-0.39, 0.29) is 5.82 Å². The van der Waals surface area contributed by atoms with Crippen LogP contribution in [0.25, 0.3) is 0 Å². The van der Waals surface area contributed by atoms with Crippen molar-refractivity contribution >= 4 is 17.7 Å². The highest BCUT2D eigenvalue weighted by Gasteiger charge is 2.01. The minimum absolute atomic E-state index is 0.231. The lowest BCUT2D eigenvalue weighted by Crippen LogP contribution is -2.01. The summed E-state index contributed by atoms with van der Waals surface area (Å²) in [4.78, 5) is 9.37. The van der Waals surface area contributed by atoms with Gasteiger partial charge in [0.25, 0.3) is 0 Å². The molecule has 0 atom stereocenters. The zero-order valence-corrected chi connectivity index (χ0v) is 10.2. The summed E-state index contributed by atoms with van der Waals surface area (Å²) in [5, 5.41) is 3.88. The van der Waals surface area contributed by atoms with Crippen molar-refractivity contribution in [1.82, 2.24) is 9.97 Å². The molecule has 88 valence electrons.